The first-order chi connectivity index (χ1) is 3.84. The molecule has 1 atom stereocenters. The minimum Gasteiger partial charge on any atom is -0.483 e. The molecular formula is C5H8BrNO. The van der Waals surface area contributed by atoms with Crippen molar-refractivity contribution < 1.29 is 4.74 Å². The van der Waals surface area contributed by atoms with E-state index in [9.17, 15) is 0 Å². The lowest BCUT2D eigenvalue weighted by Gasteiger charge is -2.00. The van der Waals surface area contributed by atoms with Gasteiger partial charge in [-0.2, -0.15) is 0 Å². The van der Waals surface area contributed by atoms with Gasteiger partial charge in [0.15, 0.2) is 5.90 Å². The summed E-state index contributed by atoms with van der Waals surface area (Å²) in [6.45, 7) is 0.902. The molecule has 0 fully saturated rings. The highest BCUT2D eigenvalue weighted by Gasteiger charge is 2.17. The molecule has 0 aromatic carbocycles. The van der Waals surface area contributed by atoms with Gasteiger partial charge in [0.25, 0.3) is 0 Å². The third-order valence-corrected chi connectivity index (χ3v) is 1.98. The Morgan fingerprint density at radius 1 is 1.88 bits per heavy atom. The highest BCUT2D eigenvalue weighted by atomic mass is 79.9. The van der Waals surface area contributed by atoms with Gasteiger partial charge in [-0.05, 0) is 6.42 Å². The maximum atomic E-state index is 4.93. The minimum absolute atomic E-state index is 0.368. The van der Waals surface area contributed by atoms with Crippen molar-refractivity contribution in [2.24, 2.45) is 4.99 Å². The van der Waals surface area contributed by atoms with E-state index in [1.54, 1.807) is 7.11 Å². The zero-order valence-electron chi connectivity index (χ0n) is 4.72. The van der Waals surface area contributed by atoms with E-state index in [1.165, 1.54) is 0 Å². The summed E-state index contributed by atoms with van der Waals surface area (Å²) in [4.78, 5) is 4.45. The number of rotatable bonds is 0. The van der Waals surface area contributed by atoms with Crippen LogP contribution in [-0.2, 0) is 4.74 Å². The Hall–Kier alpha value is -0.0500. The number of alkyl halides is 1. The highest BCUT2D eigenvalue weighted by molar-refractivity contribution is 9.10. The average Bonchev–Trinajstić information content (AvgIpc) is 2.14. The van der Waals surface area contributed by atoms with Gasteiger partial charge in [-0.1, -0.05) is 15.9 Å². The summed E-state index contributed by atoms with van der Waals surface area (Å²) in [7, 11) is 1.65. The largest absolute Gasteiger partial charge is 0.483 e. The zero-order chi connectivity index (χ0) is 5.98. The molecule has 1 aliphatic rings. The minimum atomic E-state index is 0.368. The van der Waals surface area contributed by atoms with Gasteiger partial charge >= 0.3 is 0 Å². The average molecular weight is 178 g/mol. The Morgan fingerprint density at radius 3 is 2.88 bits per heavy atom. The third kappa shape index (κ3) is 1.02. The number of hydrogen-bond donors (Lipinski definition) is 0. The quantitative estimate of drug-likeness (QED) is 0.510. The van der Waals surface area contributed by atoms with Crippen molar-refractivity contribution in [3.63, 3.8) is 0 Å². The van der Waals surface area contributed by atoms with Gasteiger partial charge in [0.2, 0.25) is 0 Å². The van der Waals surface area contributed by atoms with Crippen LogP contribution in [-0.4, -0.2) is 24.4 Å². The molecule has 46 valence electrons. The molecule has 3 heteroatoms. The number of nitrogens with zero attached hydrogens (tertiary/aromatic N) is 1. The van der Waals surface area contributed by atoms with Crippen molar-refractivity contribution in [2.45, 2.75) is 11.2 Å². The molecule has 8 heavy (non-hydrogen) atoms. The predicted octanol–water partition coefficient (Wildman–Crippen LogP) is 1.20. The SMILES string of the molecule is COC1=NCCC1Br. The van der Waals surface area contributed by atoms with Crippen molar-refractivity contribution >= 4 is 21.8 Å². The molecule has 0 bridgehead atoms. The van der Waals surface area contributed by atoms with E-state index in [0.717, 1.165) is 18.9 Å². The van der Waals surface area contributed by atoms with Crippen molar-refractivity contribution in [3.8, 4) is 0 Å². The molecule has 1 rings (SSSR count). The zero-order valence-corrected chi connectivity index (χ0v) is 6.31. The number of aliphatic imine (C=N–C) groups is 1. The van der Waals surface area contributed by atoms with E-state index < -0.39 is 0 Å². The summed E-state index contributed by atoms with van der Waals surface area (Å²) in [5, 5.41) is 0. The van der Waals surface area contributed by atoms with Gasteiger partial charge < -0.3 is 4.74 Å². The molecule has 0 saturated heterocycles. The summed E-state index contributed by atoms with van der Waals surface area (Å²) in [6.07, 6.45) is 1.07. The molecular weight excluding hydrogens is 170 g/mol. The van der Waals surface area contributed by atoms with Crippen LogP contribution < -0.4 is 0 Å². The number of ether oxygens (including phenoxy) is 1. The second-order valence-electron chi connectivity index (χ2n) is 1.68. The lowest BCUT2D eigenvalue weighted by atomic mass is 10.4. The highest BCUT2D eigenvalue weighted by Crippen LogP contribution is 2.14. The van der Waals surface area contributed by atoms with Crippen LogP contribution in [0.3, 0.4) is 0 Å². The molecule has 1 unspecified atom stereocenters. The summed E-state index contributed by atoms with van der Waals surface area (Å²) >= 11 is 3.41. The maximum absolute atomic E-state index is 4.93. The molecule has 0 N–H and O–H groups in total. The number of methoxy groups -OCH3 is 1. The second kappa shape index (κ2) is 2.49. The van der Waals surface area contributed by atoms with Crippen LogP contribution in [0.25, 0.3) is 0 Å². The molecule has 0 spiro atoms. The summed E-state index contributed by atoms with van der Waals surface area (Å²) in [5.74, 6) is 0.838. The Labute approximate surface area is 57.1 Å². The van der Waals surface area contributed by atoms with Crippen LogP contribution in [0.15, 0.2) is 4.99 Å². The van der Waals surface area contributed by atoms with Gasteiger partial charge in [0.1, 0.15) is 0 Å². The molecule has 2 nitrogen and oxygen atoms in total. The van der Waals surface area contributed by atoms with Crippen LogP contribution in [0.5, 0.6) is 0 Å². The predicted molar refractivity (Wildman–Crippen MR) is 36.6 cm³/mol. The van der Waals surface area contributed by atoms with Gasteiger partial charge in [-0.15, -0.1) is 0 Å². The van der Waals surface area contributed by atoms with Crippen molar-refractivity contribution in [1.82, 2.24) is 0 Å². The molecule has 0 aromatic heterocycles. The Morgan fingerprint density at radius 2 is 2.62 bits per heavy atom. The molecule has 1 heterocycles. The van der Waals surface area contributed by atoms with Gasteiger partial charge in [-0.25, -0.2) is 0 Å². The normalized spacial score (nSPS) is 27.8. The molecule has 0 saturated carbocycles. The lowest BCUT2D eigenvalue weighted by Crippen LogP contribution is -2.09. The molecule has 0 amide bonds. The summed E-state index contributed by atoms with van der Waals surface area (Å²) < 4.78 is 4.93. The topological polar surface area (TPSA) is 21.6 Å². The fourth-order valence-corrected chi connectivity index (χ4v) is 1.24. The summed E-state index contributed by atoms with van der Waals surface area (Å²) in [6, 6.07) is 0. The van der Waals surface area contributed by atoms with E-state index in [-0.39, 0.29) is 0 Å². The van der Waals surface area contributed by atoms with E-state index in [2.05, 4.69) is 20.9 Å². The molecule has 0 aliphatic carbocycles. The van der Waals surface area contributed by atoms with E-state index >= 15 is 0 Å². The number of halogens is 1. The van der Waals surface area contributed by atoms with Crippen molar-refractivity contribution in [3.05, 3.63) is 0 Å². The second-order valence-corrected chi connectivity index (χ2v) is 2.79. The fraction of sp³-hybridized carbons (Fsp3) is 0.800. The lowest BCUT2D eigenvalue weighted by molar-refractivity contribution is 0.397. The molecule has 0 radical (unpaired) electrons. The monoisotopic (exact) mass is 177 g/mol. The fourth-order valence-electron chi connectivity index (χ4n) is 0.703. The first kappa shape index (κ1) is 6.08. The van der Waals surface area contributed by atoms with Crippen molar-refractivity contribution in [2.75, 3.05) is 13.7 Å². The van der Waals surface area contributed by atoms with Crippen LogP contribution >= 0.6 is 15.9 Å². The smallest absolute Gasteiger partial charge is 0.197 e. The summed E-state index contributed by atoms with van der Waals surface area (Å²) in [5.41, 5.74) is 0. The maximum Gasteiger partial charge on any atom is 0.197 e. The standard InChI is InChI=1S/C5H8BrNO/c1-8-5-4(6)2-3-7-5/h4H,2-3H2,1H3. The van der Waals surface area contributed by atoms with E-state index in [0.29, 0.717) is 4.83 Å². The van der Waals surface area contributed by atoms with Gasteiger partial charge in [-0.3, -0.25) is 4.99 Å². The van der Waals surface area contributed by atoms with Crippen LogP contribution in [0.2, 0.25) is 0 Å². The van der Waals surface area contributed by atoms with Crippen LogP contribution in [0, 0.1) is 0 Å². The van der Waals surface area contributed by atoms with Crippen LogP contribution in [0.1, 0.15) is 6.42 Å². The molecule has 1 aliphatic heterocycles. The Bertz CT molecular complexity index is 113. The van der Waals surface area contributed by atoms with E-state index in [1.807, 2.05) is 0 Å². The van der Waals surface area contributed by atoms with Gasteiger partial charge in [0.05, 0.1) is 11.9 Å². The Balaban J connectivity index is 2.49. The van der Waals surface area contributed by atoms with Crippen molar-refractivity contribution in [1.29, 1.82) is 0 Å². The van der Waals surface area contributed by atoms with Crippen LogP contribution in [0.4, 0.5) is 0 Å². The third-order valence-electron chi connectivity index (χ3n) is 1.13. The first-order valence-electron chi connectivity index (χ1n) is 2.57. The van der Waals surface area contributed by atoms with E-state index in [4.69, 9.17) is 4.74 Å². The molecule has 0 aromatic rings. The number of hydrogen-bond acceptors (Lipinski definition) is 2. The first-order valence-corrected chi connectivity index (χ1v) is 3.48. The van der Waals surface area contributed by atoms with Gasteiger partial charge in [0, 0.05) is 6.54 Å². The Kier molecular flexibility index (Phi) is 1.89.